The van der Waals surface area contributed by atoms with Gasteiger partial charge in [-0.25, -0.2) is 0 Å². The summed E-state index contributed by atoms with van der Waals surface area (Å²) in [6, 6.07) is 7.94. The van der Waals surface area contributed by atoms with Gasteiger partial charge in [0.05, 0.1) is 11.6 Å². The second-order valence-electron chi connectivity index (χ2n) is 6.64. The number of carbonyl (C=O) groups is 3. The standard InChI is InChI=1S/C19H15N3O5/c23-17(11-3-4-14-15(8-11)27-10-26-14)21-7-5-12(9-21)22-18(24)13-2-1-6-20-16(13)19(22)25/h1-4,6,8,12H,5,7,9-10H2. The number of rotatable bonds is 2. The number of fused-ring (bicyclic) bond motifs is 2. The smallest absolute Gasteiger partial charge is 0.280 e. The van der Waals surface area contributed by atoms with Crippen LogP contribution in [0, 0.1) is 0 Å². The predicted molar refractivity (Wildman–Crippen MR) is 91.6 cm³/mol. The number of hydrogen-bond donors (Lipinski definition) is 0. The van der Waals surface area contributed by atoms with E-state index >= 15 is 0 Å². The summed E-state index contributed by atoms with van der Waals surface area (Å²) in [5.74, 6) is 0.265. The third-order valence-corrected chi connectivity index (χ3v) is 5.11. The summed E-state index contributed by atoms with van der Waals surface area (Å²) in [4.78, 5) is 44.9. The van der Waals surface area contributed by atoms with Crippen LogP contribution < -0.4 is 9.47 Å². The maximum absolute atomic E-state index is 12.8. The van der Waals surface area contributed by atoms with Crippen molar-refractivity contribution >= 4 is 17.7 Å². The molecule has 0 spiro atoms. The lowest BCUT2D eigenvalue weighted by Crippen LogP contribution is -2.42. The van der Waals surface area contributed by atoms with Gasteiger partial charge in [-0.1, -0.05) is 0 Å². The van der Waals surface area contributed by atoms with Gasteiger partial charge in [-0.05, 0) is 36.8 Å². The first-order valence-electron chi connectivity index (χ1n) is 8.65. The third-order valence-electron chi connectivity index (χ3n) is 5.11. The van der Waals surface area contributed by atoms with Crippen molar-refractivity contribution in [2.45, 2.75) is 12.5 Å². The SMILES string of the molecule is O=C(c1ccc2c(c1)OCO2)N1CCC(N2C(=O)c3cccnc3C2=O)C1. The van der Waals surface area contributed by atoms with E-state index in [0.29, 0.717) is 42.1 Å². The molecule has 8 nitrogen and oxygen atoms in total. The third kappa shape index (κ3) is 2.37. The molecule has 1 aromatic carbocycles. The summed E-state index contributed by atoms with van der Waals surface area (Å²) in [7, 11) is 0. The molecule has 8 heteroatoms. The fourth-order valence-electron chi connectivity index (χ4n) is 3.77. The summed E-state index contributed by atoms with van der Waals surface area (Å²) >= 11 is 0. The van der Waals surface area contributed by atoms with Crippen molar-refractivity contribution in [3.63, 3.8) is 0 Å². The maximum Gasteiger partial charge on any atom is 0.280 e. The fourth-order valence-corrected chi connectivity index (χ4v) is 3.77. The molecule has 0 radical (unpaired) electrons. The zero-order valence-electron chi connectivity index (χ0n) is 14.3. The van der Waals surface area contributed by atoms with Crippen molar-refractivity contribution in [3.05, 3.63) is 53.3 Å². The minimum absolute atomic E-state index is 0.145. The van der Waals surface area contributed by atoms with Gasteiger partial charge in [-0.2, -0.15) is 0 Å². The van der Waals surface area contributed by atoms with Gasteiger partial charge in [-0.3, -0.25) is 24.3 Å². The van der Waals surface area contributed by atoms with E-state index in [9.17, 15) is 14.4 Å². The molecule has 0 aliphatic carbocycles. The molecule has 2 aromatic rings. The van der Waals surface area contributed by atoms with E-state index in [1.807, 2.05) is 0 Å². The topological polar surface area (TPSA) is 89.0 Å². The molecular weight excluding hydrogens is 350 g/mol. The van der Waals surface area contributed by atoms with Crippen LogP contribution in [0.15, 0.2) is 36.5 Å². The van der Waals surface area contributed by atoms with Crippen LogP contribution >= 0.6 is 0 Å². The number of nitrogens with zero attached hydrogens (tertiary/aromatic N) is 3. The number of amides is 3. The Morgan fingerprint density at radius 3 is 2.81 bits per heavy atom. The van der Waals surface area contributed by atoms with Crippen molar-refractivity contribution in [1.82, 2.24) is 14.8 Å². The highest BCUT2D eigenvalue weighted by atomic mass is 16.7. The van der Waals surface area contributed by atoms with Crippen molar-refractivity contribution in [2.75, 3.05) is 19.9 Å². The highest BCUT2D eigenvalue weighted by Crippen LogP contribution is 2.33. The van der Waals surface area contributed by atoms with Crippen LogP contribution in [0.3, 0.4) is 0 Å². The Bertz CT molecular complexity index is 954. The molecule has 3 aliphatic rings. The van der Waals surface area contributed by atoms with E-state index in [2.05, 4.69) is 4.98 Å². The van der Waals surface area contributed by atoms with E-state index in [-0.39, 0.29) is 30.3 Å². The molecule has 0 saturated carbocycles. The van der Waals surface area contributed by atoms with Crippen LogP contribution in [0.2, 0.25) is 0 Å². The first-order valence-corrected chi connectivity index (χ1v) is 8.65. The molecule has 1 aromatic heterocycles. The zero-order chi connectivity index (χ0) is 18.5. The van der Waals surface area contributed by atoms with Gasteiger partial charge in [0.2, 0.25) is 6.79 Å². The molecule has 1 saturated heterocycles. The summed E-state index contributed by atoms with van der Waals surface area (Å²) < 4.78 is 10.6. The van der Waals surface area contributed by atoms with E-state index in [0.717, 1.165) is 0 Å². The Kier molecular flexibility index (Phi) is 3.40. The molecule has 1 unspecified atom stereocenters. The largest absolute Gasteiger partial charge is 0.454 e. The molecule has 0 N–H and O–H groups in total. The Hall–Kier alpha value is -3.42. The lowest BCUT2D eigenvalue weighted by molar-refractivity contribution is 0.0573. The number of pyridine rings is 1. The zero-order valence-corrected chi connectivity index (χ0v) is 14.3. The number of ether oxygens (including phenoxy) is 2. The molecule has 0 bridgehead atoms. The number of aromatic nitrogens is 1. The number of hydrogen-bond acceptors (Lipinski definition) is 6. The number of likely N-dealkylation sites (tertiary alicyclic amines) is 1. The van der Waals surface area contributed by atoms with Gasteiger partial charge in [-0.15, -0.1) is 0 Å². The quantitative estimate of drug-likeness (QED) is 0.746. The van der Waals surface area contributed by atoms with E-state index < -0.39 is 5.91 Å². The van der Waals surface area contributed by atoms with Gasteiger partial charge in [0.25, 0.3) is 17.7 Å². The van der Waals surface area contributed by atoms with E-state index in [1.54, 1.807) is 35.2 Å². The molecule has 4 heterocycles. The second kappa shape index (κ2) is 5.80. The monoisotopic (exact) mass is 365 g/mol. The average Bonchev–Trinajstić information content (AvgIpc) is 3.40. The second-order valence-corrected chi connectivity index (χ2v) is 6.64. The Balaban J connectivity index is 1.34. The molecule has 3 aliphatic heterocycles. The Labute approximate surface area is 154 Å². The minimum atomic E-state index is -0.391. The number of carbonyl (C=O) groups excluding carboxylic acids is 3. The van der Waals surface area contributed by atoms with Crippen molar-refractivity contribution in [3.8, 4) is 11.5 Å². The molecule has 136 valence electrons. The van der Waals surface area contributed by atoms with Crippen LogP contribution in [0.1, 0.15) is 37.6 Å². The summed E-state index contributed by atoms with van der Waals surface area (Å²) in [6.45, 7) is 0.921. The highest BCUT2D eigenvalue weighted by molar-refractivity contribution is 6.20. The highest BCUT2D eigenvalue weighted by Gasteiger charge is 2.43. The molecule has 5 rings (SSSR count). The molecule has 27 heavy (non-hydrogen) atoms. The van der Waals surface area contributed by atoms with E-state index in [1.165, 1.54) is 11.1 Å². The van der Waals surface area contributed by atoms with Crippen LogP contribution in [0.25, 0.3) is 0 Å². The van der Waals surface area contributed by atoms with Crippen molar-refractivity contribution < 1.29 is 23.9 Å². The predicted octanol–water partition coefficient (Wildman–Crippen LogP) is 1.32. The lowest BCUT2D eigenvalue weighted by atomic mass is 10.2. The molecule has 3 amide bonds. The minimum Gasteiger partial charge on any atom is -0.454 e. The van der Waals surface area contributed by atoms with Gasteiger partial charge in [0, 0.05) is 24.8 Å². The lowest BCUT2D eigenvalue weighted by Gasteiger charge is -2.22. The first-order chi connectivity index (χ1) is 13.1. The van der Waals surface area contributed by atoms with Crippen molar-refractivity contribution in [2.24, 2.45) is 0 Å². The number of benzene rings is 1. The number of imide groups is 1. The summed E-state index contributed by atoms with van der Waals surface area (Å²) in [6.07, 6.45) is 2.04. The van der Waals surface area contributed by atoms with Gasteiger partial charge in [0.15, 0.2) is 11.5 Å². The molecule has 1 fully saturated rings. The average molecular weight is 365 g/mol. The Morgan fingerprint density at radius 1 is 1.11 bits per heavy atom. The first kappa shape index (κ1) is 15.8. The van der Waals surface area contributed by atoms with Crippen LogP contribution in [-0.4, -0.2) is 58.4 Å². The van der Waals surface area contributed by atoms with Crippen LogP contribution in [-0.2, 0) is 0 Å². The van der Waals surface area contributed by atoms with Crippen molar-refractivity contribution in [1.29, 1.82) is 0 Å². The molecule has 1 atom stereocenters. The maximum atomic E-state index is 12.8. The molecular formula is C19H15N3O5. The summed E-state index contributed by atoms with van der Waals surface area (Å²) in [5.41, 5.74) is 0.995. The van der Waals surface area contributed by atoms with Gasteiger partial charge in [0.1, 0.15) is 5.69 Å². The van der Waals surface area contributed by atoms with Gasteiger partial charge >= 0.3 is 0 Å². The van der Waals surface area contributed by atoms with Gasteiger partial charge < -0.3 is 14.4 Å². The Morgan fingerprint density at radius 2 is 1.96 bits per heavy atom. The van der Waals surface area contributed by atoms with Crippen LogP contribution in [0.5, 0.6) is 11.5 Å². The fraction of sp³-hybridized carbons (Fsp3) is 0.263. The summed E-state index contributed by atoms with van der Waals surface area (Å²) in [5, 5.41) is 0. The van der Waals surface area contributed by atoms with Crippen LogP contribution in [0.4, 0.5) is 0 Å². The normalized spacial score (nSPS) is 20.4. The van der Waals surface area contributed by atoms with E-state index in [4.69, 9.17) is 9.47 Å².